The van der Waals surface area contributed by atoms with E-state index in [0.29, 0.717) is 5.56 Å². The zero-order valence-corrected chi connectivity index (χ0v) is 12.6. The van der Waals surface area contributed by atoms with Gasteiger partial charge in [0.1, 0.15) is 11.6 Å². The van der Waals surface area contributed by atoms with Crippen molar-refractivity contribution in [2.24, 2.45) is 0 Å². The molecule has 2 rings (SSSR count). The van der Waals surface area contributed by atoms with Crippen LogP contribution in [0.4, 0.5) is 8.78 Å². The second-order valence-electron chi connectivity index (χ2n) is 4.25. The van der Waals surface area contributed by atoms with E-state index >= 15 is 0 Å². The summed E-state index contributed by atoms with van der Waals surface area (Å²) < 4.78 is 27.8. The smallest absolute Gasteiger partial charge is 0.126 e. The SMILES string of the molecule is CCNC(c1ccc(I)cc1)c1cc(F)cc(F)c1. The summed E-state index contributed by atoms with van der Waals surface area (Å²) in [6.07, 6.45) is 0. The summed E-state index contributed by atoms with van der Waals surface area (Å²) in [5.41, 5.74) is 1.59. The summed E-state index contributed by atoms with van der Waals surface area (Å²) in [4.78, 5) is 0. The summed E-state index contributed by atoms with van der Waals surface area (Å²) >= 11 is 2.23. The molecule has 0 radical (unpaired) electrons. The van der Waals surface area contributed by atoms with Gasteiger partial charge in [0.2, 0.25) is 0 Å². The Labute approximate surface area is 125 Å². The molecule has 1 atom stereocenters. The molecule has 0 aromatic heterocycles. The van der Waals surface area contributed by atoms with E-state index < -0.39 is 11.6 Å². The van der Waals surface area contributed by atoms with Crippen molar-refractivity contribution < 1.29 is 8.78 Å². The van der Waals surface area contributed by atoms with Gasteiger partial charge in [-0.2, -0.15) is 0 Å². The van der Waals surface area contributed by atoms with Crippen molar-refractivity contribution in [2.45, 2.75) is 13.0 Å². The normalized spacial score (nSPS) is 12.4. The van der Waals surface area contributed by atoms with Crippen molar-refractivity contribution in [3.05, 3.63) is 68.8 Å². The minimum absolute atomic E-state index is 0.202. The molecule has 0 amide bonds. The van der Waals surface area contributed by atoms with Crippen molar-refractivity contribution >= 4 is 22.6 Å². The molecule has 0 fully saturated rings. The van der Waals surface area contributed by atoms with E-state index in [2.05, 4.69) is 27.9 Å². The third-order valence-electron chi connectivity index (χ3n) is 2.83. The Balaban J connectivity index is 2.41. The molecule has 0 bridgehead atoms. The topological polar surface area (TPSA) is 12.0 Å². The second-order valence-corrected chi connectivity index (χ2v) is 5.49. The van der Waals surface area contributed by atoms with Gasteiger partial charge in [-0.15, -0.1) is 0 Å². The third-order valence-corrected chi connectivity index (χ3v) is 3.55. The summed E-state index contributed by atoms with van der Waals surface area (Å²) in [7, 11) is 0. The lowest BCUT2D eigenvalue weighted by atomic mass is 9.98. The Morgan fingerprint density at radius 2 is 1.58 bits per heavy atom. The van der Waals surface area contributed by atoms with Gasteiger partial charge in [-0.1, -0.05) is 19.1 Å². The maximum absolute atomic E-state index is 13.3. The van der Waals surface area contributed by atoms with E-state index in [0.717, 1.165) is 21.7 Å². The molecule has 2 aromatic rings. The van der Waals surface area contributed by atoms with Gasteiger partial charge >= 0.3 is 0 Å². The van der Waals surface area contributed by atoms with Crippen LogP contribution in [-0.4, -0.2) is 6.54 Å². The molecule has 19 heavy (non-hydrogen) atoms. The predicted molar refractivity (Wildman–Crippen MR) is 81.0 cm³/mol. The number of hydrogen-bond donors (Lipinski definition) is 1. The number of hydrogen-bond acceptors (Lipinski definition) is 1. The molecule has 0 aliphatic carbocycles. The maximum Gasteiger partial charge on any atom is 0.126 e. The van der Waals surface area contributed by atoms with E-state index in [-0.39, 0.29) is 6.04 Å². The lowest BCUT2D eigenvalue weighted by Crippen LogP contribution is -2.22. The van der Waals surface area contributed by atoms with Crippen LogP contribution in [0, 0.1) is 15.2 Å². The van der Waals surface area contributed by atoms with Crippen LogP contribution >= 0.6 is 22.6 Å². The lowest BCUT2D eigenvalue weighted by molar-refractivity contribution is 0.565. The van der Waals surface area contributed by atoms with Crippen LogP contribution < -0.4 is 5.32 Å². The maximum atomic E-state index is 13.3. The molecule has 2 aromatic carbocycles. The Hall–Kier alpha value is -1.01. The molecule has 0 aliphatic heterocycles. The summed E-state index contributed by atoms with van der Waals surface area (Å²) in [6, 6.07) is 11.3. The number of benzene rings is 2. The molecule has 0 saturated carbocycles. The first kappa shape index (κ1) is 14.4. The molecule has 100 valence electrons. The van der Waals surface area contributed by atoms with Gasteiger partial charge in [0, 0.05) is 9.64 Å². The first-order valence-corrected chi connectivity index (χ1v) is 7.13. The number of halogens is 3. The van der Waals surface area contributed by atoms with Gasteiger partial charge in [-0.05, 0) is 64.5 Å². The fourth-order valence-corrected chi connectivity index (χ4v) is 2.39. The van der Waals surface area contributed by atoms with Crippen LogP contribution in [0.2, 0.25) is 0 Å². The quantitative estimate of drug-likeness (QED) is 0.790. The van der Waals surface area contributed by atoms with Crippen LogP contribution in [-0.2, 0) is 0 Å². The van der Waals surface area contributed by atoms with E-state index in [1.807, 2.05) is 31.2 Å². The van der Waals surface area contributed by atoms with Crippen LogP contribution in [0.3, 0.4) is 0 Å². The summed E-state index contributed by atoms with van der Waals surface area (Å²) in [5, 5.41) is 3.25. The highest BCUT2D eigenvalue weighted by Crippen LogP contribution is 2.24. The first-order chi connectivity index (χ1) is 9.10. The second kappa shape index (κ2) is 6.43. The fraction of sp³-hybridized carbons (Fsp3) is 0.200. The monoisotopic (exact) mass is 373 g/mol. The molecule has 1 nitrogen and oxygen atoms in total. The first-order valence-electron chi connectivity index (χ1n) is 6.05. The molecular formula is C15H14F2IN. The van der Waals surface area contributed by atoms with E-state index in [1.165, 1.54) is 12.1 Å². The average molecular weight is 373 g/mol. The molecule has 0 spiro atoms. The van der Waals surface area contributed by atoms with Crippen molar-refractivity contribution in [1.82, 2.24) is 5.32 Å². The van der Waals surface area contributed by atoms with Gasteiger partial charge in [0.15, 0.2) is 0 Å². The van der Waals surface area contributed by atoms with Crippen LogP contribution in [0.1, 0.15) is 24.1 Å². The molecular weight excluding hydrogens is 359 g/mol. The number of nitrogens with one attached hydrogen (secondary N) is 1. The largest absolute Gasteiger partial charge is 0.307 e. The highest BCUT2D eigenvalue weighted by atomic mass is 127. The Morgan fingerprint density at radius 3 is 2.11 bits per heavy atom. The summed E-state index contributed by atoms with van der Waals surface area (Å²) in [6.45, 7) is 2.68. The molecule has 0 aliphatic rings. The molecule has 1 unspecified atom stereocenters. The standard InChI is InChI=1S/C15H14F2IN/c1-2-19-15(10-3-5-14(18)6-4-10)11-7-12(16)9-13(17)8-11/h3-9,15,19H,2H2,1H3. The van der Waals surface area contributed by atoms with Gasteiger partial charge < -0.3 is 5.32 Å². The zero-order chi connectivity index (χ0) is 13.8. The lowest BCUT2D eigenvalue weighted by Gasteiger charge is -2.19. The Morgan fingerprint density at radius 1 is 1.00 bits per heavy atom. The number of rotatable bonds is 4. The van der Waals surface area contributed by atoms with Gasteiger partial charge in [-0.25, -0.2) is 8.78 Å². The van der Waals surface area contributed by atoms with E-state index in [4.69, 9.17) is 0 Å². The predicted octanol–water partition coefficient (Wildman–Crippen LogP) is 4.27. The average Bonchev–Trinajstić information content (AvgIpc) is 2.36. The van der Waals surface area contributed by atoms with Gasteiger partial charge in [0.05, 0.1) is 6.04 Å². The minimum Gasteiger partial charge on any atom is -0.307 e. The van der Waals surface area contributed by atoms with E-state index in [1.54, 1.807) is 0 Å². The van der Waals surface area contributed by atoms with Crippen LogP contribution in [0.5, 0.6) is 0 Å². The van der Waals surface area contributed by atoms with Crippen LogP contribution in [0.15, 0.2) is 42.5 Å². The van der Waals surface area contributed by atoms with E-state index in [9.17, 15) is 8.78 Å². The summed E-state index contributed by atoms with van der Waals surface area (Å²) in [5.74, 6) is -1.10. The Kier molecular flexibility index (Phi) is 4.87. The third kappa shape index (κ3) is 3.73. The fourth-order valence-electron chi connectivity index (χ4n) is 2.03. The highest BCUT2D eigenvalue weighted by molar-refractivity contribution is 14.1. The van der Waals surface area contributed by atoms with Gasteiger partial charge in [0.25, 0.3) is 0 Å². The molecule has 0 heterocycles. The molecule has 0 saturated heterocycles. The van der Waals surface area contributed by atoms with Gasteiger partial charge in [-0.3, -0.25) is 0 Å². The highest BCUT2D eigenvalue weighted by Gasteiger charge is 2.14. The molecule has 4 heteroatoms. The van der Waals surface area contributed by atoms with Crippen molar-refractivity contribution in [3.63, 3.8) is 0 Å². The Bertz CT molecular complexity index is 534. The van der Waals surface area contributed by atoms with Crippen molar-refractivity contribution in [3.8, 4) is 0 Å². The van der Waals surface area contributed by atoms with Crippen molar-refractivity contribution in [1.29, 1.82) is 0 Å². The van der Waals surface area contributed by atoms with Crippen molar-refractivity contribution in [2.75, 3.05) is 6.54 Å². The zero-order valence-electron chi connectivity index (χ0n) is 10.5. The molecule has 1 N–H and O–H groups in total. The van der Waals surface area contributed by atoms with Crippen LogP contribution in [0.25, 0.3) is 0 Å². The minimum atomic E-state index is -0.552.